The molecule has 2 aromatic rings. The Bertz CT molecular complexity index is 755. The highest BCUT2D eigenvalue weighted by molar-refractivity contribution is 7.13. The summed E-state index contributed by atoms with van der Waals surface area (Å²) in [5, 5.41) is 15.6. The zero-order valence-corrected chi connectivity index (χ0v) is 13.8. The van der Waals surface area contributed by atoms with Gasteiger partial charge in [-0.25, -0.2) is 19.3 Å². The molecule has 1 fully saturated rings. The second kappa shape index (κ2) is 6.15. The molecular weight excluding hydrogens is 318 g/mol. The number of carboxylic acids is 1. The van der Waals surface area contributed by atoms with E-state index in [0.717, 1.165) is 31.1 Å². The molecule has 1 aliphatic rings. The maximum absolute atomic E-state index is 12.0. The maximum atomic E-state index is 12.0. The summed E-state index contributed by atoms with van der Waals surface area (Å²) >= 11 is 1.34. The van der Waals surface area contributed by atoms with E-state index in [1.54, 1.807) is 10.1 Å². The number of aromatic amines is 1. The molecule has 0 aromatic carbocycles. The van der Waals surface area contributed by atoms with Gasteiger partial charge in [-0.2, -0.15) is 5.10 Å². The fourth-order valence-corrected chi connectivity index (χ4v) is 3.52. The Morgan fingerprint density at radius 3 is 2.65 bits per heavy atom. The topological polar surface area (TPSA) is 104 Å². The molecule has 9 heteroatoms. The van der Waals surface area contributed by atoms with Gasteiger partial charge >= 0.3 is 11.7 Å². The van der Waals surface area contributed by atoms with E-state index in [1.165, 1.54) is 11.3 Å². The van der Waals surface area contributed by atoms with E-state index in [4.69, 9.17) is 5.11 Å². The minimum absolute atomic E-state index is 0.0707. The number of thiazole rings is 1. The summed E-state index contributed by atoms with van der Waals surface area (Å²) in [5.74, 6) is -0.107. The molecule has 0 atom stereocenters. The Balaban J connectivity index is 1.68. The van der Waals surface area contributed by atoms with Crippen LogP contribution in [0, 0.1) is 0 Å². The van der Waals surface area contributed by atoms with Gasteiger partial charge in [0.1, 0.15) is 5.82 Å². The van der Waals surface area contributed by atoms with Crippen LogP contribution >= 0.6 is 11.3 Å². The van der Waals surface area contributed by atoms with Gasteiger partial charge in [0.2, 0.25) is 0 Å². The van der Waals surface area contributed by atoms with Crippen LogP contribution in [0.4, 0.5) is 5.13 Å². The molecule has 8 nitrogen and oxygen atoms in total. The van der Waals surface area contributed by atoms with Crippen LogP contribution in [0.15, 0.2) is 10.2 Å². The van der Waals surface area contributed by atoms with Crippen LogP contribution in [0.1, 0.15) is 55.0 Å². The number of carboxylic acid groups (broad SMARTS) is 1. The first kappa shape index (κ1) is 15.7. The van der Waals surface area contributed by atoms with E-state index in [-0.39, 0.29) is 23.3 Å². The Hall–Kier alpha value is -2.16. The average Bonchev–Trinajstić information content (AvgIpc) is 3.14. The predicted molar refractivity (Wildman–Crippen MR) is 86.5 cm³/mol. The lowest BCUT2D eigenvalue weighted by atomic mass is 10.1. The molecular formula is C14H19N5O3S. The first-order valence-electron chi connectivity index (χ1n) is 7.58. The van der Waals surface area contributed by atoms with Gasteiger partial charge in [-0.15, -0.1) is 11.3 Å². The lowest BCUT2D eigenvalue weighted by Gasteiger charge is -2.31. The van der Waals surface area contributed by atoms with Crippen LogP contribution in [0.25, 0.3) is 0 Å². The van der Waals surface area contributed by atoms with Gasteiger partial charge in [-0.05, 0) is 12.8 Å². The summed E-state index contributed by atoms with van der Waals surface area (Å²) in [6.07, 6.45) is 1.56. The van der Waals surface area contributed by atoms with Gasteiger partial charge < -0.3 is 10.0 Å². The average molecular weight is 337 g/mol. The fourth-order valence-electron chi connectivity index (χ4n) is 2.67. The Labute approximate surface area is 136 Å². The van der Waals surface area contributed by atoms with Crippen molar-refractivity contribution >= 4 is 22.4 Å². The normalized spacial score (nSPS) is 16.2. The summed E-state index contributed by atoms with van der Waals surface area (Å²) in [5.41, 5.74) is -0.0771. The largest absolute Gasteiger partial charge is 0.476 e. The third kappa shape index (κ3) is 3.14. The van der Waals surface area contributed by atoms with Crippen molar-refractivity contribution in [2.24, 2.45) is 0 Å². The molecule has 0 aliphatic carbocycles. The number of nitrogens with zero attached hydrogens (tertiary/aromatic N) is 4. The molecule has 124 valence electrons. The first-order chi connectivity index (χ1) is 11.0. The van der Waals surface area contributed by atoms with Gasteiger partial charge in [0.05, 0.1) is 6.04 Å². The molecule has 0 spiro atoms. The molecule has 0 unspecified atom stereocenters. The lowest BCUT2D eigenvalue weighted by molar-refractivity contribution is 0.0691. The number of aromatic nitrogens is 4. The number of aromatic carboxylic acids is 1. The molecule has 23 heavy (non-hydrogen) atoms. The van der Waals surface area contributed by atoms with E-state index in [9.17, 15) is 9.59 Å². The number of piperidine rings is 1. The SMILES string of the molecule is CC(C)c1nn(C2CCN(c3nc(C(=O)O)cs3)CC2)c(=O)[nH]1. The van der Waals surface area contributed by atoms with Crippen LogP contribution in [0.3, 0.4) is 0 Å². The number of anilines is 1. The number of H-pyrrole nitrogens is 1. The van der Waals surface area contributed by atoms with Crippen LogP contribution in [-0.2, 0) is 0 Å². The van der Waals surface area contributed by atoms with Crippen molar-refractivity contribution in [2.75, 3.05) is 18.0 Å². The molecule has 0 amide bonds. The van der Waals surface area contributed by atoms with Crippen molar-refractivity contribution in [3.63, 3.8) is 0 Å². The van der Waals surface area contributed by atoms with Gasteiger partial charge in [-0.3, -0.25) is 4.98 Å². The van der Waals surface area contributed by atoms with Gasteiger partial charge in [0, 0.05) is 24.4 Å². The van der Waals surface area contributed by atoms with Crippen molar-refractivity contribution in [1.82, 2.24) is 19.7 Å². The maximum Gasteiger partial charge on any atom is 0.355 e. The van der Waals surface area contributed by atoms with E-state index in [1.807, 2.05) is 13.8 Å². The smallest absolute Gasteiger partial charge is 0.355 e. The highest BCUT2D eigenvalue weighted by Gasteiger charge is 2.25. The van der Waals surface area contributed by atoms with Crippen molar-refractivity contribution in [1.29, 1.82) is 0 Å². The van der Waals surface area contributed by atoms with Gasteiger partial charge in [0.25, 0.3) is 0 Å². The number of hydrogen-bond donors (Lipinski definition) is 2. The summed E-state index contributed by atoms with van der Waals surface area (Å²) in [4.78, 5) is 31.9. The molecule has 0 saturated carbocycles. The predicted octanol–water partition coefficient (Wildman–Crippen LogP) is 1.69. The highest BCUT2D eigenvalue weighted by Crippen LogP contribution is 2.28. The summed E-state index contributed by atoms with van der Waals surface area (Å²) in [6.45, 7) is 5.45. The third-order valence-corrected chi connectivity index (χ3v) is 4.90. The summed E-state index contributed by atoms with van der Waals surface area (Å²) in [7, 11) is 0. The Kier molecular flexibility index (Phi) is 4.20. The number of nitrogens with one attached hydrogen (secondary N) is 1. The zero-order valence-electron chi connectivity index (χ0n) is 13.0. The van der Waals surface area contributed by atoms with Crippen molar-refractivity contribution in [3.8, 4) is 0 Å². The molecule has 1 aliphatic heterocycles. The molecule has 1 saturated heterocycles. The highest BCUT2D eigenvalue weighted by atomic mass is 32.1. The van der Waals surface area contributed by atoms with Gasteiger partial charge in [0.15, 0.2) is 10.8 Å². The van der Waals surface area contributed by atoms with E-state index in [0.29, 0.717) is 5.82 Å². The molecule has 0 radical (unpaired) electrons. The summed E-state index contributed by atoms with van der Waals surface area (Å²) in [6, 6.07) is 0.0707. The zero-order chi connectivity index (χ0) is 16.6. The number of hydrogen-bond acceptors (Lipinski definition) is 6. The minimum atomic E-state index is -1.01. The molecule has 2 aromatic heterocycles. The number of rotatable bonds is 4. The quantitative estimate of drug-likeness (QED) is 0.880. The fraction of sp³-hybridized carbons (Fsp3) is 0.571. The van der Waals surface area contributed by atoms with Crippen LogP contribution in [-0.4, -0.2) is 43.9 Å². The minimum Gasteiger partial charge on any atom is -0.476 e. The van der Waals surface area contributed by atoms with Crippen molar-refractivity contribution < 1.29 is 9.90 Å². The lowest BCUT2D eigenvalue weighted by Crippen LogP contribution is -2.37. The van der Waals surface area contributed by atoms with Crippen LogP contribution in [0.5, 0.6) is 0 Å². The van der Waals surface area contributed by atoms with E-state index >= 15 is 0 Å². The number of carbonyl (C=O) groups is 1. The van der Waals surface area contributed by atoms with E-state index < -0.39 is 5.97 Å². The third-order valence-electron chi connectivity index (χ3n) is 4.00. The molecule has 2 N–H and O–H groups in total. The second-order valence-corrected chi connectivity index (χ2v) is 6.79. The van der Waals surface area contributed by atoms with Gasteiger partial charge in [-0.1, -0.05) is 13.8 Å². The Morgan fingerprint density at radius 2 is 2.13 bits per heavy atom. The summed E-state index contributed by atoms with van der Waals surface area (Å²) < 4.78 is 1.55. The molecule has 0 bridgehead atoms. The van der Waals surface area contributed by atoms with E-state index in [2.05, 4.69) is 20.0 Å². The monoisotopic (exact) mass is 337 g/mol. The van der Waals surface area contributed by atoms with Crippen LogP contribution < -0.4 is 10.6 Å². The van der Waals surface area contributed by atoms with Crippen LogP contribution in [0.2, 0.25) is 0 Å². The van der Waals surface area contributed by atoms with Crippen molar-refractivity contribution in [2.45, 2.75) is 38.6 Å². The first-order valence-corrected chi connectivity index (χ1v) is 8.46. The Morgan fingerprint density at radius 1 is 1.43 bits per heavy atom. The molecule has 3 rings (SSSR count). The second-order valence-electron chi connectivity index (χ2n) is 5.95. The molecule has 3 heterocycles. The van der Waals surface area contributed by atoms with Crippen molar-refractivity contribution in [3.05, 3.63) is 27.4 Å². The standard InChI is InChI=1S/C14H19N5O3S/c1-8(2)11-16-13(22)19(17-11)9-3-5-18(6-4-9)14-15-10(7-23-14)12(20)21/h7-9H,3-6H2,1-2H3,(H,20,21)(H,16,17,22).